The molecule has 2 heterocycles. The summed E-state index contributed by atoms with van der Waals surface area (Å²) in [6.45, 7) is 10.4. The predicted octanol–water partition coefficient (Wildman–Crippen LogP) is 3.43. The summed E-state index contributed by atoms with van der Waals surface area (Å²) < 4.78 is 12.1. The molecule has 188 valence electrons. The highest BCUT2D eigenvalue weighted by Gasteiger charge is 2.80. The van der Waals surface area contributed by atoms with Gasteiger partial charge in [0.15, 0.2) is 5.78 Å². The van der Waals surface area contributed by atoms with Gasteiger partial charge in [-0.05, 0) is 80.6 Å². The number of allylic oxidation sites excluding steroid dienone is 1. The first kappa shape index (κ1) is 23.2. The minimum absolute atomic E-state index is 0.0301. The van der Waals surface area contributed by atoms with E-state index in [1.165, 1.54) is 0 Å². The molecule has 5 fully saturated rings. The number of aliphatic hydroxyl groups is 2. The smallest absolute Gasteiger partial charge is 0.309 e. The van der Waals surface area contributed by atoms with E-state index >= 15 is 0 Å². The van der Waals surface area contributed by atoms with Gasteiger partial charge in [0.05, 0.1) is 23.0 Å². The molecule has 0 aromatic heterocycles. The molecule has 6 rings (SSSR count). The fourth-order valence-corrected chi connectivity index (χ4v) is 9.54. The number of carbonyl (C=O) groups is 2. The summed E-state index contributed by atoms with van der Waals surface area (Å²) in [4.78, 5) is 25.8. The number of cyclic esters (lactones) is 1. The topological polar surface area (TPSA) is 96.4 Å². The number of hydrogen-bond acceptors (Lipinski definition) is 6. The van der Waals surface area contributed by atoms with Crippen LogP contribution in [0.25, 0.3) is 0 Å². The first-order chi connectivity index (χ1) is 15.9. The summed E-state index contributed by atoms with van der Waals surface area (Å²) in [6.07, 6.45) is 7.12. The maximum atomic E-state index is 13.3. The van der Waals surface area contributed by atoms with Crippen LogP contribution in [0.1, 0.15) is 73.1 Å². The van der Waals surface area contributed by atoms with E-state index in [9.17, 15) is 19.8 Å². The van der Waals surface area contributed by atoms with Crippen molar-refractivity contribution >= 4 is 11.8 Å². The van der Waals surface area contributed by atoms with Crippen LogP contribution in [-0.2, 0) is 19.1 Å². The van der Waals surface area contributed by atoms with Crippen molar-refractivity contribution in [1.29, 1.82) is 0 Å². The van der Waals surface area contributed by atoms with Crippen molar-refractivity contribution in [2.45, 2.75) is 103 Å². The fourth-order valence-electron chi connectivity index (χ4n) is 9.54. The molecular formula is C28H40O6. The molecule has 4 aliphatic carbocycles. The van der Waals surface area contributed by atoms with Crippen molar-refractivity contribution < 1.29 is 29.3 Å². The van der Waals surface area contributed by atoms with Crippen LogP contribution in [0.15, 0.2) is 12.2 Å². The van der Waals surface area contributed by atoms with Gasteiger partial charge in [0, 0.05) is 5.92 Å². The first-order valence-corrected chi connectivity index (χ1v) is 13.4. The predicted molar refractivity (Wildman–Crippen MR) is 124 cm³/mol. The molecule has 34 heavy (non-hydrogen) atoms. The Balaban J connectivity index is 1.33. The van der Waals surface area contributed by atoms with E-state index in [1.54, 1.807) is 12.2 Å². The van der Waals surface area contributed by atoms with Crippen molar-refractivity contribution in [1.82, 2.24) is 0 Å². The number of carbonyl (C=O) groups excluding carboxylic acids is 2. The lowest BCUT2D eigenvalue weighted by Gasteiger charge is -2.62. The number of ether oxygens (including phenoxy) is 2. The number of ketones is 1. The van der Waals surface area contributed by atoms with Crippen molar-refractivity contribution in [3.8, 4) is 0 Å². The summed E-state index contributed by atoms with van der Waals surface area (Å²) in [5.41, 5.74) is -3.43. The molecule has 13 unspecified atom stereocenters. The Bertz CT molecular complexity index is 961. The van der Waals surface area contributed by atoms with Crippen LogP contribution in [0.2, 0.25) is 0 Å². The number of esters is 1. The van der Waals surface area contributed by atoms with Crippen LogP contribution >= 0.6 is 0 Å². The molecule has 2 aliphatic heterocycles. The maximum Gasteiger partial charge on any atom is 0.309 e. The lowest BCUT2D eigenvalue weighted by atomic mass is 9.42. The Kier molecular flexibility index (Phi) is 4.74. The zero-order valence-electron chi connectivity index (χ0n) is 21.1. The molecule has 2 N–H and O–H groups in total. The number of hydrogen-bond donors (Lipinski definition) is 2. The highest BCUT2D eigenvalue weighted by Crippen LogP contribution is 2.73. The third-order valence-corrected chi connectivity index (χ3v) is 12.1. The Morgan fingerprint density at radius 1 is 1.09 bits per heavy atom. The van der Waals surface area contributed by atoms with E-state index in [4.69, 9.17) is 9.47 Å². The standard InChI is InChI=1S/C28H40O6/c1-14-13-19(33-24(30)15(14)2)16(3)17-9-12-27(31)21-18(8-11-25(17,27)4)26(5)20(29)7-6-10-28(26,32)23-22(21)34-23/h6-7,14-19,21-23,31-32H,8-13H2,1-5H3. The van der Waals surface area contributed by atoms with Crippen molar-refractivity contribution in [2.24, 2.45) is 46.3 Å². The van der Waals surface area contributed by atoms with E-state index in [-0.39, 0.29) is 59.0 Å². The molecule has 3 saturated carbocycles. The van der Waals surface area contributed by atoms with Gasteiger partial charge >= 0.3 is 5.97 Å². The molecule has 13 atom stereocenters. The van der Waals surface area contributed by atoms with E-state index in [0.29, 0.717) is 18.8 Å². The van der Waals surface area contributed by atoms with Crippen molar-refractivity contribution in [3.05, 3.63) is 12.2 Å². The van der Waals surface area contributed by atoms with E-state index in [2.05, 4.69) is 20.8 Å². The van der Waals surface area contributed by atoms with E-state index in [0.717, 1.165) is 25.7 Å². The summed E-state index contributed by atoms with van der Waals surface area (Å²) in [5, 5.41) is 24.2. The zero-order chi connectivity index (χ0) is 24.4. The SMILES string of the molecule is CC1CC(C(C)C2CCC3(O)C4C5OC5C5(O)CC=CC(=O)C5(C)C4CCC23C)OC(=O)C1C. The monoisotopic (exact) mass is 472 g/mol. The summed E-state index contributed by atoms with van der Waals surface area (Å²) in [7, 11) is 0. The van der Waals surface area contributed by atoms with Gasteiger partial charge in [-0.3, -0.25) is 9.59 Å². The second-order valence-electron chi connectivity index (χ2n) is 13.1. The minimum Gasteiger partial charge on any atom is -0.462 e. The lowest BCUT2D eigenvalue weighted by molar-refractivity contribution is -0.225. The molecule has 0 radical (unpaired) electrons. The van der Waals surface area contributed by atoms with Gasteiger partial charge in [0.2, 0.25) is 0 Å². The van der Waals surface area contributed by atoms with Crippen molar-refractivity contribution in [3.63, 3.8) is 0 Å². The summed E-state index contributed by atoms with van der Waals surface area (Å²) in [6, 6.07) is 0. The third kappa shape index (κ3) is 2.53. The minimum atomic E-state index is -1.19. The fraction of sp³-hybridized carbons (Fsp3) is 0.857. The molecular weight excluding hydrogens is 432 g/mol. The van der Waals surface area contributed by atoms with Crippen LogP contribution in [0.5, 0.6) is 0 Å². The molecule has 0 amide bonds. The zero-order valence-corrected chi connectivity index (χ0v) is 21.1. The molecule has 2 saturated heterocycles. The van der Waals surface area contributed by atoms with Crippen LogP contribution in [0.3, 0.4) is 0 Å². The molecule has 0 aromatic carbocycles. The number of epoxide rings is 1. The third-order valence-electron chi connectivity index (χ3n) is 12.1. The molecule has 0 spiro atoms. The van der Waals surface area contributed by atoms with Gasteiger partial charge in [-0.15, -0.1) is 0 Å². The molecule has 0 aromatic rings. The van der Waals surface area contributed by atoms with Crippen LogP contribution in [0.4, 0.5) is 0 Å². The quantitative estimate of drug-likeness (QED) is 0.472. The highest BCUT2D eigenvalue weighted by molar-refractivity contribution is 5.97. The van der Waals surface area contributed by atoms with Gasteiger partial charge < -0.3 is 19.7 Å². The van der Waals surface area contributed by atoms with Crippen LogP contribution in [0, 0.1) is 46.3 Å². The highest BCUT2D eigenvalue weighted by atomic mass is 16.6. The molecule has 0 bridgehead atoms. The number of rotatable bonds is 2. The number of fused-ring (bicyclic) bond motifs is 8. The normalized spacial score (nSPS) is 58.8. The van der Waals surface area contributed by atoms with Gasteiger partial charge in [0.25, 0.3) is 0 Å². The largest absolute Gasteiger partial charge is 0.462 e. The summed E-state index contributed by atoms with van der Waals surface area (Å²) in [5.74, 6) is 0.196. The van der Waals surface area contributed by atoms with Gasteiger partial charge in [-0.2, -0.15) is 0 Å². The maximum absolute atomic E-state index is 13.3. The Morgan fingerprint density at radius 3 is 2.53 bits per heavy atom. The van der Waals surface area contributed by atoms with Gasteiger partial charge in [-0.1, -0.05) is 33.8 Å². The van der Waals surface area contributed by atoms with Gasteiger partial charge in [-0.25, -0.2) is 0 Å². The first-order valence-electron chi connectivity index (χ1n) is 13.4. The van der Waals surface area contributed by atoms with E-state index in [1.807, 2.05) is 13.8 Å². The van der Waals surface area contributed by atoms with Crippen molar-refractivity contribution in [2.75, 3.05) is 0 Å². The Labute approximate surface area is 202 Å². The average molecular weight is 473 g/mol. The molecule has 6 heteroatoms. The molecule has 6 aliphatic rings. The second-order valence-corrected chi connectivity index (χ2v) is 13.1. The Hall–Kier alpha value is -1.24. The van der Waals surface area contributed by atoms with Crippen LogP contribution < -0.4 is 0 Å². The molecule has 6 nitrogen and oxygen atoms in total. The summed E-state index contributed by atoms with van der Waals surface area (Å²) >= 11 is 0. The second kappa shape index (κ2) is 6.95. The van der Waals surface area contributed by atoms with E-state index < -0.39 is 22.7 Å². The van der Waals surface area contributed by atoms with Gasteiger partial charge in [0.1, 0.15) is 17.8 Å². The lowest BCUT2D eigenvalue weighted by Crippen LogP contribution is -2.71. The average Bonchev–Trinajstić information content (AvgIpc) is 3.53. The van der Waals surface area contributed by atoms with Crippen LogP contribution in [-0.4, -0.2) is 51.5 Å². The Morgan fingerprint density at radius 2 is 1.82 bits per heavy atom.